The molecule has 0 amide bonds. The molecule has 130 valence electrons. The standard InChI is InChI=1S/C18H18N2O3S2/c21-18(22,20-9-11-24-12-10-20)13-5-7-14(8-6-13)23-17-19-15-3-1-2-4-16(15)25-17/h1-8,21-22H,9-12H2. The molecule has 25 heavy (non-hydrogen) atoms. The first-order valence-electron chi connectivity index (χ1n) is 8.04. The fourth-order valence-corrected chi connectivity index (χ4v) is 4.54. The van der Waals surface area contributed by atoms with Gasteiger partial charge in [0.25, 0.3) is 11.1 Å². The predicted octanol–water partition coefficient (Wildman–Crippen LogP) is 3.23. The molecule has 2 aromatic carbocycles. The Morgan fingerprint density at radius 2 is 1.72 bits per heavy atom. The highest BCUT2D eigenvalue weighted by Crippen LogP contribution is 2.32. The van der Waals surface area contributed by atoms with E-state index in [1.54, 1.807) is 29.2 Å². The summed E-state index contributed by atoms with van der Waals surface area (Å²) < 4.78 is 6.87. The lowest BCUT2D eigenvalue weighted by atomic mass is 10.1. The zero-order valence-electron chi connectivity index (χ0n) is 13.5. The average molecular weight is 374 g/mol. The minimum Gasteiger partial charge on any atom is -0.431 e. The molecular formula is C18H18N2O3S2. The number of ether oxygens (including phenoxy) is 1. The van der Waals surface area contributed by atoms with E-state index in [0.717, 1.165) is 21.7 Å². The topological polar surface area (TPSA) is 65.8 Å². The Balaban J connectivity index is 1.51. The van der Waals surface area contributed by atoms with Gasteiger partial charge in [0.2, 0.25) is 0 Å². The number of nitrogens with zero attached hydrogens (tertiary/aromatic N) is 2. The van der Waals surface area contributed by atoms with Gasteiger partial charge < -0.3 is 14.9 Å². The molecule has 0 spiro atoms. The number of thioether (sulfide) groups is 1. The van der Waals surface area contributed by atoms with E-state index in [0.29, 0.717) is 29.6 Å². The van der Waals surface area contributed by atoms with Crippen LogP contribution in [0.4, 0.5) is 0 Å². The molecule has 1 aromatic heterocycles. The first-order chi connectivity index (χ1) is 12.1. The highest BCUT2D eigenvalue weighted by molar-refractivity contribution is 7.99. The molecule has 0 unspecified atom stereocenters. The van der Waals surface area contributed by atoms with Gasteiger partial charge in [-0.3, -0.25) is 0 Å². The van der Waals surface area contributed by atoms with Gasteiger partial charge in [-0.25, -0.2) is 9.88 Å². The van der Waals surface area contributed by atoms with E-state index < -0.39 is 5.91 Å². The zero-order chi connectivity index (χ0) is 17.3. The van der Waals surface area contributed by atoms with Crippen molar-refractivity contribution < 1.29 is 14.9 Å². The van der Waals surface area contributed by atoms with Gasteiger partial charge in [-0.2, -0.15) is 11.8 Å². The van der Waals surface area contributed by atoms with Crippen molar-refractivity contribution >= 4 is 33.3 Å². The number of aromatic nitrogens is 1. The number of benzene rings is 2. The van der Waals surface area contributed by atoms with Gasteiger partial charge in [0.05, 0.1) is 10.2 Å². The van der Waals surface area contributed by atoms with E-state index in [2.05, 4.69) is 4.98 Å². The number of para-hydroxylation sites is 1. The lowest BCUT2D eigenvalue weighted by molar-refractivity contribution is -0.273. The van der Waals surface area contributed by atoms with E-state index in [1.807, 2.05) is 36.0 Å². The Bertz CT molecular complexity index is 825. The second-order valence-corrected chi connectivity index (χ2v) is 8.03. The molecule has 0 radical (unpaired) electrons. The molecule has 1 aliphatic heterocycles. The van der Waals surface area contributed by atoms with Gasteiger partial charge in [0.15, 0.2) is 0 Å². The van der Waals surface area contributed by atoms with Gasteiger partial charge in [-0.1, -0.05) is 23.5 Å². The molecule has 5 nitrogen and oxygen atoms in total. The highest BCUT2D eigenvalue weighted by Gasteiger charge is 2.34. The Labute approximate surface area is 153 Å². The van der Waals surface area contributed by atoms with Crippen molar-refractivity contribution in [1.29, 1.82) is 0 Å². The van der Waals surface area contributed by atoms with E-state index in [4.69, 9.17) is 4.74 Å². The zero-order valence-corrected chi connectivity index (χ0v) is 15.1. The smallest absolute Gasteiger partial charge is 0.279 e. The average Bonchev–Trinajstić information content (AvgIpc) is 3.05. The third-order valence-corrected chi connectivity index (χ3v) is 6.03. The SMILES string of the molecule is OC(O)(c1ccc(Oc2nc3ccccc3s2)cc1)N1CCSCC1. The van der Waals surface area contributed by atoms with Crippen molar-refractivity contribution in [2.75, 3.05) is 24.6 Å². The summed E-state index contributed by atoms with van der Waals surface area (Å²) in [6.45, 7) is 1.31. The molecule has 0 aliphatic carbocycles. The van der Waals surface area contributed by atoms with Crippen LogP contribution in [0.2, 0.25) is 0 Å². The lowest BCUT2D eigenvalue weighted by Gasteiger charge is -2.37. The first kappa shape index (κ1) is 16.8. The summed E-state index contributed by atoms with van der Waals surface area (Å²) in [5.74, 6) is 0.478. The quantitative estimate of drug-likeness (QED) is 0.684. The minimum atomic E-state index is -1.95. The minimum absolute atomic E-state index is 0.441. The van der Waals surface area contributed by atoms with Crippen LogP contribution in [0.3, 0.4) is 0 Å². The molecule has 2 heterocycles. The van der Waals surface area contributed by atoms with Crippen molar-refractivity contribution in [3.63, 3.8) is 0 Å². The van der Waals surface area contributed by atoms with Gasteiger partial charge in [0.1, 0.15) is 5.75 Å². The molecule has 1 aliphatic rings. The Kier molecular flexibility index (Phi) is 4.66. The van der Waals surface area contributed by atoms with Crippen molar-refractivity contribution in [2.24, 2.45) is 0 Å². The summed E-state index contributed by atoms with van der Waals surface area (Å²) in [6.07, 6.45) is 0. The van der Waals surface area contributed by atoms with Crippen LogP contribution in [-0.4, -0.2) is 44.7 Å². The summed E-state index contributed by atoms with van der Waals surface area (Å²) in [5.41, 5.74) is 1.35. The van der Waals surface area contributed by atoms with E-state index in [9.17, 15) is 10.2 Å². The van der Waals surface area contributed by atoms with Crippen LogP contribution in [-0.2, 0) is 5.91 Å². The lowest BCUT2D eigenvalue weighted by Crippen LogP contribution is -2.49. The number of thiazole rings is 1. The van der Waals surface area contributed by atoms with Crippen LogP contribution < -0.4 is 4.74 Å². The number of aliphatic hydroxyl groups is 2. The maximum absolute atomic E-state index is 10.5. The van der Waals surface area contributed by atoms with Crippen molar-refractivity contribution in [1.82, 2.24) is 9.88 Å². The van der Waals surface area contributed by atoms with Crippen molar-refractivity contribution in [2.45, 2.75) is 5.91 Å². The van der Waals surface area contributed by atoms with Gasteiger partial charge >= 0.3 is 0 Å². The van der Waals surface area contributed by atoms with Crippen LogP contribution in [0.25, 0.3) is 10.2 Å². The van der Waals surface area contributed by atoms with Crippen LogP contribution in [0.15, 0.2) is 48.5 Å². The Morgan fingerprint density at radius 3 is 2.44 bits per heavy atom. The van der Waals surface area contributed by atoms with E-state index in [1.165, 1.54) is 11.3 Å². The van der Waals surface area contributed by atoms with E-state index in [-0.39, 0.29) is 0 Å². The monoisotopic (exact) mass is 374 g/mol. The number of rotatable bonds is 4. The van der Waals surface area contributed by atoms with Crippen LogP contribution in [0, 0.1) is 0 Å². The van der Waals surface area contributed by atoms with Gasteiger partial charge in [0, 0.05) is 30.2 Å². The molecule has 7 heteroatoms. The third-order valence-electron chi connectivity index (χ3n) is 4.17. The van der Waals surface area contributed by atoms with Gasteiger partial charge in [-0.05, 0) is 36.4 Å². The third kappa shape index (κ3) is 3.51. The van der Waals surface area contributed by atoms with E-state index >= 15 is 0 Å². The summed E-state index contributed by atoms with van der Waals surface area (Å²) in [5, 5.41) is 21.6. The largest absolute Gasteiger partial charge is 0.431 e. The van der Waals surface area contributed by atoms with Gasteiger partial charge in [-0.15, -0.1) is 0 Å². The number of hydrogen-bond acceptors (Lipinski definition) is 7. The Hall–Kier alpha value is -1.64. The number of fused-ring (bicyclic) bond motifs is 1. The number of hydrogen-bond donors (Lipinski definition) is 2. The molecule has 1 saturated heterocycles. The fraction of sp³-hybridized carbons (Fsp3) is 0.278. The molecule has 0 saturated carbocycles. The molecule has 3 aromatic rings. The molecule has 4 rings (SSSR count). The Morgan fingerprint density at radius 1 is 1.00 bits per heavy atom. The fourth-order valence-electron chi connectivity index (χ4n) is 2.80. The van der Waals surface area contributed by atoms with Crippen molar-refractivity contribution in [3.05, 3.63) is 54.1 Å². The van der Waals surface area contributed by atoms with Crippen LogP contribution >= 0.6 is 23.1 Å². The maximum atomic E-state index is 10.5. The molecule has 1 fully saturated rings. The second kappa shape index (κ2) is 6.93. The molecule has 0 atom stereocenters. The van der Waals surface area contributed by atoms with Crippen molar-refractivity contribution in [3.8, 4) is 10.9 Å². The molecule has 2 N–H and O–H groups in total. The highest BCUT2D eigenvalue weighted by atomic mass is 32.2. The summed E-state index contributed by atoms with van der Waals surface area (Å²) in [7, 11) is 0. The normalized spacial score (nSPS) is 16.2. The summed E-state index contributed by atoms with van der Waals surface area (Å²) in [6, 6.07) is 14.7. The maximum Gasteiger partial charge on any atom is 0.279 e. The van der Waals surface area contributed by atoms with Crippen LogP contribution in [0.1, 0.15) is 5.56 Å². The van der Waals surface area contributed by atoms with Crippen LogP contribution in [0.5, 0.6) is 10.9 Å². The predicted molar refractivity (Wildman–Crippen MR) is 101 cm³/mol. The molecule has 0 bridgehead atoms. The summed E-state index contributed by atoms with van der Waals surface area (Å²) in [4.78, 5) is 6.13. The molecular weight excluding hydrogens is 356 g/mol. The summed E-state index contributed by atoms with van der Waals surface area (Å²) >= 11 is 3.31. The first-order valence-corrected chi connectivity index (χ1v) is 10.0. The second-order valence-electron chi connectivity index (χ2n) is 5.81.